The number of carboxylic acids is 1. The largest absolute Gasteiger partial charge is 0.476 e. The number of aromatic nitrogens is 2. The molecule has 0 aromatic carbocycles. The van der Waals surface area contributed by atoms with E-state index in [0.717, 1.165) is 11.5 Å². The Labute approximate surface area is 91.9 Å². The fourth-order valence-electron chi connectivity index (χ4n) is 0.693. The Morgan fingerprint density at radius 3 is 3.06 bits per heavy atom. The number of oxime groups is 1. The first-order chi connectivity index (χ1) is 7.69. The molecule has 0 aliphatic rings. The monoisotopic (exact) mass is 248 g/mol. The summed E-state index contributed by atoms with van der Waals surface area (Å²) in [5, 5.41) is 14.0. The van der Waals surface area contributed by atoms with Gasteiger partial charge in [-0.05, 0) is 0 Å². The predicted molar refractivity (Wildman–Crippen MR) is 50.8 cm³/mol. The molecule has 1 aromatic rings. The van der Waals surface area contributed by atoms with Gasteiger partial charge in [0.2, 0.25) is 23.1 Å². The number of carbonyl (C=O) groups is 2. The van der Waals surface area contributed by atoms with Gasteiger partial charge in [-0.2, -0.15) is 9.36 Å². The van der Waals surface area contributed by atoms with Gasteiger partial charge in [0.25, 0.3) is 6.86 Å². The van der Waals surface area contributed by atoms with E-state index < -0.39 is 18.5 Å². The number of aliphatic carboxylic acids is 1. The second-order valence-corrected chi connectivity index (χ2v) is 2.92. The predicted octanol–water partition coefficient (Wildman–Crippen LogP) is -0.161. The Bertz CT molecular complexity index is 420. The molecule has 0 spiro atoms. The molecular weight excluding hydrogens is 243 g/mol. The summed E-state index contributed by atoms with van der Waals surface area (Å²) in [6.07, 6.45) is 0.361. The van der Waals surface area contributed by atoms with Gasteiger partial charge in [0.15, 0.2) is 0 Å². The van der Waals surface area contributed by atoms with Crippen LogP contribution in [0.4, 0.5) is 9.52 Å². The van der Waals surface area contributed by atoms with E-state index in [1.807, 2.05) is 0 Å². The number of nitrogens with one attached hydrogen (secondary N) is 1. The summed E-state index contributed by atoms with van der Waals surface area (Å²) in [7, 11) is 0. The zero-order valence-electron chi connectivity index (χ0n) is 7.58. The molecule has 0 saturated carbocycles. The van der Waals surface area contributed by atoms with Crippen LogP contribution in [0.1, 0.15) is 5.82 Å². The van der Waals surface area contributed by atoms with E-state index in [4.69, 9.17) is 5.11 Å². The van der Waals surface area contributed by atoms with Crippen LogP contribution in [0.5, 0.6) is 0 Å². The van der Waals surface area contributed by atoms with Gasteiger partial charge >= 0.3 is 5.97 Å². The van der Waals surface area contributed by atoms with Crippen molar-refractivity contribution < 1.29 is 23.9 Å². The standard InChI is InChI=1S/C6H5FN4O4S/c7-1-15-10-3(5(13)14)4-9-6(8-2-12)16-11-4/h2H,1H2,(H,13,14)(H,8,9,11,12)/b10-3-. The molecular formula is C6H5FN4O4S. The highest BCUT2D eigenvalue weighted by Gasteiger charge is 2.19. The lowest BCUT2D eigenvalue weighted by Gasteiger charge is -1.94. The number of hydrogen-bond acceptors (Lipinski definition) is 7. The second kappa shape index (κ2) is 5.70. The molecule has 1 aromatic heterocycles. The molecule has 1 amide bonds. The molecule has 0 fully saturated rings. The maximum absolute atomic E-state index is 11.6. The number of amides is 1. The van der Waals surface area contributed by atoms with Crippen molar-refractivity contribution in [2.24, 2.45) is 5.16 Å². The van der Waals surface area contributed by atoms with E-state index in [9.17, 15) is 14.0 Å². The molecule has 86 valence electrons. The Hall–Kier alpha value is -2.10. The fraction of sp³-hybridized carbons (Fsp3) is 0.167. The van der Waals surface area contributed by atoms with Crippen LogP contribution >= 0.6 is 11.5 Å². The van der Waals surface area contributed by atoms with Crippen LogP contribution in [-0.2, 0) is 14.4 Å². The molecule has 8 nitrogen and oxygen atoms in total. The number of rotatable bonds is 6. The van der Waals surface area contributed by atoms with Crippen molar-refractivity contribution >= 4 is 34.8 Å². The van der Waals surface area contributed by atoms with Crippen LogP contribution in [0.15, 0.2) is 5.16 Å². The lowest BCUT2D eigenvalue weighted by molar-refractivity contribution is -0.129. The van der Waals surface area contributed by atoms with Crippen molar-refractivity contribution in [1.29, 1.82) is 0 Å². The first-order valence-corrected chi connectivity index (χ1v) is 4.50. The molecule has 0 saturated heterocycles. The Balaban J connectivity index is 2.92. The maximum Gasteiger partial charge on any atom is 0.362 e. The minimum atomic E-state index is -1.47. The van der Waals surface area contributed by atoms with Gasteiger partial charge in [-0.15, -0.1) is 0 Å². The highest BCUT2D eigenvalue weighted by atomic mass is 32.1. The number of carbonyl (C=O) groups excluding carboxylic acids is 1. The number of anilines is 1. The molecule has 1 rings (SSSR count). The first kappa shape index (κ1) is 12.0. The van der Waals surface area contributed by atoms with E-state index in [0.29, 0.717) is 6.41 Å². The van der Waals surface area contributed by atoms with Crippen LogP contribution in [0.3, 0.4) is 0 Å². The van der Waals surface area contributed by atoms with Crippen molar-refractivity contribution in [3.8, 4) is 0 Å². The normalized spacial score (nSPS) is 10.9. The van der Waals surface area contributed by atoms with Gasteiger partial charge in [-0.25, -0.2) is 9.18 Å². The minimum absolute atomic E-state index is 0.0965. The summed E-state index contributed by atoms with van der Waals surface area (Å²) in [4.78, 5) is 28.3. The number of hydrogen-bond donors (Lipinski definition) is 2. The quantitative estimate of drug-likeness (QED) is 0.410. The summed E-state index contributed by atoms with van der Waals surface area (Å²) >= 11 is 0.756. The fourth-order valence-corrected chi connectivity index (χ4v) is 1.22. The van der Waals surface area contributed by atoms with E-state index in [-0.39, 0.29) is 11.0 Å². The van der Waals surface area contributed by atoms with Gasteiger partial charge in [0.05, 0.1) is 0 Å². The third-order valence-electron chi connectivity index (χ3n) is 1.23. The van der Waals surface area contributed by atoms with E-state index in [2.05, 4.69) is 24.7 Å². The third-order valence-corrected chi connectivity index (χ3v) is 1.87. The number of nitrogens with zero attached hydrogens (tertiary/aromatic N) is 3. The molecule has 0 bridgehead atoms. The molecule has 1 heterocycles. The van der Waals surface area contributed by atoms with Gasteiger partial charge < -0.3 is 15.3 Å². The van der Waals surface area contributed by atoms with Crippen molar-refractivity contribution in [3.05, 3.63) is 5.82 Å². The maximum atomic E-state index is 11.6. The third kappa shape index (κ3) is 2.95. The Morgan fingerprint density at radius 2 is 2.50 bits per heavy atom. The average Bonchev–Trinajstić information content (AvgIpc) is 2.67. The zero-order valence-corrected chi connectivity index (χ0v) is 8.40. The van der Waals surface area contributed by atoms with Gasteiger partial charge in [-0.1, -0.05) is 5.16 Å². The topological polar surface area (TPSA) is 114 Å². The van der Waals surface area contributed by atoms with Gasteiger partial charge in [-0.3, -0.25) is 4.79 Å². The summed E-state index contributed by atoms with van der Waals surface area (Å²) in [5.41, 5.74) is -0.646. The van der Waals surface area contributed by atoms with Crippen LogP contribution < -0.4 is 5.32 Å². The van der Waals surface area contributed by atoms with Crippen LogP contribution in [0.2, 0.25) is 0 Å². The molecule has 0 unspecified atom stereocenters. The van der Waals surface area contributed by atoms with Crippen molar-refractivity contribution in [3.63, 3.8) is 0 Å². The summed E-state index contributed by atoms with van der Waals surface area (Å²) < 4.78 is 15.2. The number of halogens is 1. The molecule has 0 aliphatic heterocycles. The zero-order chi connectivity index (χ0) is 12.0. The van der Waals surface area contributed by atoms with Crippen LogP contribution in [-0.4, -0.2) is 39.4 Å². The molecule has 0 atom stereocenters. The second-order valence-electron chi connectivity index (χ2n) is 2.17. The smallest absolute Gasteiger partial charge is 0.362 e. The van der Waals surface area contributed by atoms with Crippen LogP contribution in [0.25, 0.3) is 0 Å². The van der Waals surface area contributed by atoms with Crippen molar-refractivity contribution in [2.75, 3.05) is 12.2 Å². The average molecular weight is 248 g/mol. The minimum Gasteiger partial charge on any atom is -0.476 e. The lowest BCUT2D eigenvalue weighted by atomic mass is 10.4. The Morgan fingerprint density at radius 1 is 1.75 bits per heavy atom. The Kier molecular flexibility index (Phi) is 4.27. The summed E-state index contributed by atoms with van der Waals surface area (Å²) in [5.74, 6) is -1.74. The molecule has 2 N–H and O–H groups in total. The van der Waals surface area contributed by atoms with E-state index >= 15 is 0 Å². The molecule has 0 radical (unpaired) electrons. The van der Waals surface area contributed by atoms with Crippen LogP contribution in [0, 0.1) is 0 Å². The van der Waals surface area contributed by atoms with Crippen molar-refractivity contribution in [2.45, 2.75) is 0 Å². The summed E-state index contributed by atoms with van der Waals surface area (Å²) in [6.45, 7) is -1.26. The van der Waals surface area contributed by atoms with E-state index in [1.54, 1.807) is 0 Å². The van der Waals surface area contributed by atoms with Gasteiger partial charge in [0.1, 0.15) is 0 Å². The number of alkyl halides is 1. The highest BCUT2D eigenvalue weighted by molar-refractivity contribution is 7.10. The van der Waals surface area contributed by atoms with Gasteiger partial charge in [0, 0.05) is 11.5 Å². The summed E-state index contributed by atoms with van der Waals surface area (Å²) in [6, 6.07) is 0. The van der Waals surface area contributed by atoms with E-state index in [1.165, 1.54) is 0 Å². The SMILES string of the molecule is O=CNc1nc(/C(=N/OCF)C(=O)O)ns1. The molecule has 0 aliphatic carbocycles. The molecule has 10 heteroatoms. The first-order valence-electron chi connectivity index (χ1n) is 3.72. The molecule has 16 heavy (non-hydrogen) atoms. The highest BCUT2D eigenvalue weighted by Crippen LogP contribution is 2.10. The number of carboxylic acid groups (broad SMARTS) is 1. The van der Waals surface area contributed by atoms with Crippen molar-refractivity contribution in [1.82, 2.24) is 9.36 Å². The lowest BCUT2D eigenvalue weighted by Crippen LogP contribution is -2.16.